The second-order valence-electron chi connectivity index (χ2n) is 7.41. The molecule has 2 saturated heterocycles. The van der Waals surface area contributed by atoms with E-state index in [1.165, 1.54) is 0 Å². The number of morpholine rings is 1. The Morgan fingerprint density at radius 1 is 1.23 bits per heavy atom. The molecule has 9 nitrogen and oxygen atoms in total. The van der Waals surface area contributed by atoms with Crippen molar-refractivity contribution in [1.82, 2.24) is 15.2 Å². The molecule has 3 heterocycles. The van der Waals surface area contributed by atoms with E-state index >= 15 is 0 Å². The zero-order valence-corrected chi connectivity index (χ0v) is 16.6. The maximum atomic E-state index is 11.7. The van der Waals surface area contributed by atoms with Gasteiger partial charge in [-0.15, -0.1) is 0 Å². The molecule has 0 unspecified atom stereocenters. The van der Waals surface area contributed by atoms with Crippen LogP contribution in [0.25, 0.3) is 0 Å². The number of amidine groups is 2. The molecule has 9 heteroatoms. The third-order valence-electron chi connectivity index (χ3n) is 5.21. The van der Waals surface area contributed by atoms with Crippen LogP contribution in [0.1, 0.15) is 24.1 Å². The van der Waals surface area contributed by atoms with Gasteiger partial charge >= 0.3 is 6.03 Å². The first kappa shape index (κ1) is 20.1. The molecule has 1 aromatic heterocycles. The van der Waals surface area contributed by atoms with Crippen LogP contribution in [0.2, 0.25) is 0 Å². The maximum Gasteiger partial charge on any atom is 0.319 e. The number of aliphatic hydroxyl groups is 1. The lowest BCUT2D eigenvalue weighted by atomic mass is 10.2. The second kappa shape index (κ2) is 9.10. The normalized spacial score (nSPS) is 20.8. The standard InChI is InChI=1S/C21H26N6O3/c22-19(14-3-5-15(6-4-14)25-21(29)24-10-11-28)26-20(18-2-1-9-23-18)27-12-16-7-8-17(13-27)30-16/h1-6,9,16-17,22-23,28H,7-8,10-13H2,(H2,24,25,29)/b22-19?,26-20+/t16-,17-/m0/s1. The van der Waals surface area contributed by atoms with Crippen LogP contribution in [-0.4, -0.2) is 71.1 Å². The lowest BCUT2D eigenvalue weighted by Crippen LogP contribution is -2.46. The van der Waals surface area contributed by atoms with E-state index in [1.807, 2.05) is 18.3 Å². The van der Waals surface area contributed by atoms with E-state index in [4.69, 9.17) is 15.3 Å². The van der Waals surface area contributed by atoms with E-state index < -0.39 is 0 Å². The van der Waals surface area contributed by atoms with Crippen molar-refractivity contribution in [3.63, 3.8) is 0 Å². The van der Waals surface area contributed by atoms with Gasteiger partial charge in [0.25, 0.3) is 0 Å². The van der Waals surface area contributed by atoms with Crippen molar-refractivity contribution in [3.8, 4) is 0 Å². The number of aromatic nitrogens is 1. The first-order valence-electron chi connectivity index (χ1n) is 10.1. The number of rotatable bonds is 5. The van der Waals surface area contributed by atoms with Gasteiger partial charge < -0.3 is 30.4 Å². The van der Waals surface area contributed by atoms with Crippen molar-refractivity contribution >= 4 is 23.4 Å². The Labute approximate surface area is 174 Å². The monoisotopic (exact) mass is 410 g/mol. The number of amides is 2. The number of nitrogens with zero attached hydrogens (tertiary/aromatic N) is 2. The molecule has 2 aliphatic heterocycles. The van der Waals surface area contributed by atoms with Crippen molar-refractivity contribution in [1.29, 1.82) is 5.41 Å². The number of anilines is 1. The van der Waals surface area contributed by atoms with Crippen molar-refractivity contribution in [2.45, 2.75) is 25.0 Å². The van der Waals surface area contributed by atoms with Gasteiger partial charge in [-0.05, 0) is 49.2 Å². The minimum absolute atomic E-state index is 0.116. The van der Waals surface area contributed by atoms with Gasteiger partial charge in [-0.1, -0.05) is 0 Å². The Balaban J connectivity index is 1.49. The van der Waals surface area contributed by atoms with Gasteiger partial charge in [-0.25, -0.2) is 9.79 Å². The fourth-order valence-electron chi connectivity index (χ4n) is 3.79. The number of ether oxygens (including phenoxy) is 1. The summed E-state index contributed by atoms with van der Waals surface area (Å²) in [5.74, 6) is 0.894. The van der Waals surface area contributed by atoms with E-state index in [2.05, 4.69) is 25.5 Å². The summed E-state index contributed by atoms with van der Waals surface area (Å²) in [6, 6.07) is 10.4. The van der Waals surface area contributed by atoms with E-state index in [0.717, 1.165) is 37.5 Å². The van der Waals surface area contributed by atoms with Crippen LogP contribution < -0.4 is 10.6 Å². The molecular formula is C21H26N6O3. The largest absolute Gasteiger partial charge is 0.395 e. The Morgan fingerprint density at radius 2 is 1.97 bits per heavy atom. The maximum absolute atomic E-state index is 11.7. The Morgan fingerprint density at radius 3 is 2.60 bits per heavy atom. The highest BCUT2D eigenvalue weighted by molar-refractivity contribution is 6.09. The van der Waals surface area contributed by atoms with Gasteiger partial charge in [0, 0.05) is 37.1 Å². The van der Waals surface area contributed by atoms with Crippen molar-refractivity contribution in [2.75, 3.05) is 31.6 Å². The smallest absolute Gasteiger partial charge is 0.319 e. The van der Waals surface area contributed by atoms with Gasteiger partial charge in [-0.3, -0.25) is 5.41 Å². The number of aliphatic imine (C=N–C) groups is 1. The summed E-state index contributed by atoms with van der Waals surface area (Å²) in [5.41, 5.74) is 2.12. The topological polar surface area (TPSA) is 126 Å². The number of hydrogen-bond acceptors (Lipinski definition) is 4. The first-order chi connectivity index (χ1) is 14.6. The number of nitrogens with one attached hydrogen (secondary N) is 4. The number of H-pyrrole nitrogens is 1. The fraction of sp³-hybridized carbons (Fsp3) is 0.381. The Bertz CT molecular complexity index is 897. The van der Waals surface area contributed by atoms with Crippen LogP contribution in [0.4, 0.5) is 10.5 Å². The zero-order chi connectivity index (χ0) is 20.9. The summed E-state index contributed by atoms with van der Waals surface area (Å²) in [6.45, 7) is 1.62. The number of urea groups is 1. The zero-order valence-electron chi connectivity index (χ0n) is 16.6. The predicted octanol–water partition coefficient (Wildman–Crippen LogP) is 1.76. The summed E-state index contributed by atoms with van der Waals surface area (Å²) in [5, 5.41) is 22.5. The van der Waals surface area contributed by atoms with Crippen LogP contribution >= 0.6 is 0 Å². The molecule has 30 heavy (non-hydrogen) atoms. The number of hydrogen-bond donors (Lipinski definition) is 5. The number of fused-ring (bicyclic) bond motifs is 2. The minimum Gasteiger partial charge on any atom is -0.395 e. The van der Waals surface area contributed by atoms with Crippen LogP contribution in [0, 0.1) is 5.41 Å². The Kier molecular flexibility index (Phi) is 6.10. The lowest BCUT2D eigenvalue weighted by Gasteiger charge is -2.34. The molecule has 0 aliphatic carbocycles. The summed E-state index contributed by atoms with van der Waals surface area (Å²) >= 11 is 0. The number of likely N-dealkylation sites (tertiary alicyclic amines) is 1. The van der Waals surface area contributed by atoms with E-state index in [9.17, 15) is 4.79 Å². The van der Waals surface area contributed by atoms with Gasteiger partial charge in [-0.2, -0.15) is 0 Å². The number of aliphatic hydroxyl groups excluding tert-OH is 1. The average Bonchev–Trinajstić information content (AvgIpc) is 3.40. The quantitative estimate of drug-likeness (QED) is 0.380. The molecule has 2 atom stereocenters. The van der Waals surface area contributed by atoms with Crippen LogP contribution in [0.3, 0.4) is 0 Å². The average molecular weight is 410 g/mol. The van der Waals surface area contributed by atoms with Crippen molar-refractivity contribution in [3.05, 3.63) is 53.9 Å². The molecule has 2 amide bonds. The SMILES string of the molecule is N=C(/N=C(\c1ccc[nH]1)N1C[C@@H]2CC[C@@H](C1)O2)c1ccc(NC(=O)NCCO)cc1. The van der Waals surface area contributed by atoms with Gasteiger partial charge in [0.1, 0.15) is 0 Å². The molecule has 2 aliphatic rings. The molecule has 2 aromatic rings. The molecule has 4 rings (SSSR count). The molecule has 5 N–H and O–H groups in total. The van der Waals surface area contributed by atoms with Crippen LogP contribution in [0.5, 0.6) is 0 Å². The van der Waals surface area contributed by atoms with E-state index in [1.54, 1.807) is 24.3 Å². The highest BCUT2D eigenvalue weighted by atomic mass is 16.5. The van der Waals surface area contributed by atoms with E-state index in [0.29, 0.717) is 11.3 Å². The van der Waals surface area contributed by atoms with Gasteiger partial charge in [0.2, 0.25) is 0 Å². The molecule has 2 bridgehead atoms. The number of benzene rings is 1. The van der Waals surface area contributed by atoms with Gasteiger partial charge in [0.05, 0.1) is 24.5 Å². The third kappa shape index (κ3) is 4.69. The number of aromatic amines is 1. The highest BCUT2D eigenvalue weighted by Crippen LogP contribution is 2.27. The first-order valence-corrected chi connectivity index (χ1v) is 10.1. The third-order valence-corrected chi connectivity index (χ3v) is 5.21. The van der Waals surface area contributed by atoms with Gasteiger partial charge in [0.15, 0.2) is 11.7 Å². The summed E-state index contributed by atoms with van der Waals surface area (Å²) < 4.78 is 5.94. The molecular weight excluding hydrogens is 384 g/mol. The highest BCUT2D eigenvalue weighted by Gasteiger charge is 2.35. The molecule has 0 saturated carbocycles. The van der Waals surface area contributed by atoms with Crippen molar-refractivity contribution in [2.24, 2.45) is 4.99 Å². The van der Waals surface area contributed by atoms with E-state index in [-0.39, 0.29) is 37.2 Å². The molecule has 2 fully saturated rings. The molecule has 0 spiro atoms. The minimum atomic E-state index is -0.388. The molecule has 1 aromatic carbocycles. The molecule has 158 valence electrons. The fourth-order valence-corrected chi connectivity index (χ4v) is 3.79. The lowest BCUT2D eigenvalue weighted by molar-refractivity contribution is -0.0155. The number of carbonyl (C=O) groups excluding carboxylic acids is 1. The van der Waals surface area contributed by atoms with Crippen LogP contribution in [-0.2, 0) is 4.74 Å². The molecule has 0 radical (unpaired) electrons. The number of carbonyl (C=O) groups is 1. The van der Waals surface area contributed by atoms with Crippen LogP contribution in [0.15, 0.2) is 47.6 Å². The summed E-state index contributed by atoms with van der Waals surface area (Å²) in [7, 11) is 0. The second-order valence-corrected chi connectivity index (χ2v) is 7.41. The van der Waals surface area contributed by atoms with Crippen molar-refractivity contribution < 1.29 is 14.6 Å². The summed E-state index contributed by atoms with van der Waals surface area (Å²) in [4.78, 5) is 21.7. The Hall–Kier alpha value is -3.17. The predicted molar refractivity (Wildman–Crippen MR) is 114 cm³/mol. The summed E-state index contributed by atoms with van der Waals surface area (Å²) in [6.07, 6.45) is 4.43.